The first-order valence-electron chi connectivity index (χ1n) is 9.11. The van der Waals surface area contributed by atoms with Gasteiger partial charge >= 0.3 is 12.3 Å². The Balaban J connectivity index is 1.61. The second-order valence-corrected chi connectivity index (χ2v) is 7.45. The van der Waals surface area contributed by atoms with Crippen LogP contribution < -0.4 is 4.74 Å². The summed E-state index contributed by atoms with van der Waals surface area (Å²) in [5.74, 6) is 0.408. The molecule has 5 nitrogen and oxygen atoms in total. The molecule has 1 aliphatic heterocycles. The summed E-state index contributed by atoms with van der Waals surface area (Å²) in [6.07, 6.45) is -1.74. The number of piperazine rings is 1. The number of pyridine rings is 1. The van der Waals surface area contributed by atoms with Crippen LogP contribution in [0.3, 0.4) is 0 Å². The maximum absolute atomic E-state index is 13.2. The molecule has 1 aromatic carbocycles. The second kappa shape index (κ2) is 8.59. The summed E-state index contributed by atoms with van der Waals surface area (Å²) >= 11 is 5.89. The summed E-state index contributed by atoms with van der Waals surface area (Å²) in [6.45, 7) is 5.43. The average molecular weight is 428 g/mol. The van der Waals surface area contributed by atoms with Crippen molar-refractivity contribution in [3.05, 3.63) is 57.9 Å². The number of rotatable bonds is 3. The zero-order valence-corrected chi connectivity index (χ0v) is 16.8. The van der Waals surface area contributed by atoms with Gasteiger partial charge in [-0.1, -0.05) is 11.6 Å². The molecular formula is C20H21ClF3N3O2. The lowest BCUT2D eigenvalue weighted by molar-refractivity contribution is -0.138. The van der Waals surface area contributed by atoms with Gasteiger partial charge in [0.2, 0.25) is 0 Å². The summed E-state index contributed by atoms with van der Waals surface area (Å²) in [7, 11) is 0. The molecule has 29 heavy (non-hydrogen) atoms. The van der Waals surface area contributed by atoms with Crippen LogP contribution in [-0.2, 0) is 12.7 Å². The predicted octanol–water partition coefficient (Wildman–Crippen LogP) is 4.69. The number of amides is 1. The van der Waals surface area contributed by atoms with Crippen molar-refractivity contribution in [3.8, 4) is 5.75 Å². The number of carbonyl (C=O) groups is 1. The number of alkyl halides is 3. The monoisotopic (exact) mass is 427 g/mol. The van der Waals surface area contributed by atoms with Crippen molar-refractivity contribution in [1.29, 1.82) is 0 Å². The molecule has 2 aromatic rings. The quantitative estimate of drug-likeness (QED) is 0.713. The Kier molecular flexibility index (Phi) is 6.33. The maximum Gasteiger partial charge on any atom is 0.416 e. The minimum absolute atomic E-state index is 0.110. The van der Waals surface area contributed by atoms with Crippen molar-refractivity contribution >= 4 is 17.7 Å². The molecule has 1 amide bonds. The molecule has 0 bridgehead atoms. The highest BCUT2D eigenvalue weighted by Crippen LogP contribution is 2.34. The van der Waals surface area contributed by atoms with E-state index in [-0.39, 0.29) is 17.1 Å². The SMILES string of the molecule is Cc1cncc(OC(=O)N2CCN(Cc3cc(Cl)ccc3C(F)(F)F)CC2)c1C. The van der Waals surface area contributed by atoms with Crippen molar-refractivity contribution in [1.82, 2.24) is 14.8 Å². The van der Waals surface area contributed by atoms with E-state index in [1.54, 1.807) is 11.1 Å². The van der Waals surface area contributed by atoms with E-state index in [4.69, 9.17) is 16.3 Å². The lowest BCUT2D eigenvalue weighted by atomic mass is 10.1. The van der Waals surface area contributed by atoms with E-state index in [1.165, 1.54) is 18.3 Å². The molecule has 2 heterocycles. The fraction of sp³-hybridized carbons (Fsp3) is 0.400. The van der Waals surface area contributed by atoms with Crippen LogP contribution in [0.2, 0.25) is 5.02 Å². The molecule has 1 saturated heterocycles. The third-order valence-electron chi connectivity index (χ3n) is 5.02. The molecule has 0 saturated carbocycles. The number of hydrogen-bond acceptors (Lipinski definition) is 4. The maximum atomic E-state index is 13.2. The Morgan fingerprint density at radius 2 is 1.86 bits per heavy atom. The zero-order chi connectivity index (χ0) is 21.2. The van der Waals surface area contributed by atoms with Crippen LogP contribution in [0, 0.1) is 13.8 Å². The number of nitrogens with zero attached hydrogens (tertiary/aromatic N) is 3. The highest BCUT2D eigenvalue weighted by atomic mass is 35.5. The Morgan fingerprint density at radius 3 is 2.52 bits per heavy atom. The third-order valence-corrected chi connectivity index (χ3v) is 5.25. The molecule has 3 rings (SSSR count). The molecule has 0 N–H and O–H groups in total. The van der Waals surface area contributed by atoms with Gasteiger partial charge in [-0.15, -0.1) is 0 Å². The van der Waals surface area contributed by atoms with E-state index in [0.717, 1.165) is 17.2 Å². The van der Waals surface area contributed by atoms with E-state index < -0.39 is 17.8 Å². The van der Waals surface area contributed by atoms with Crippen molar-refractivity contribution in [2.75, 3.05) is 26.2 Å². The van der Waals surface area contributed by atoms with Crippen molar-refractivity contribution in [2.24, 2.45) is 0 Å². The first-order chi connectivity index (χ1) is 13.6. The van der Waals surface area contributed by atoms with Gasteiger partial charge in [-0.3, -0.25) is 9.88 Å². The van der Waals surface area contributed by atoms with Crippen molar-refractivity contribution in [3.63, 3.8) is 0 Å². The van der Waals surface area contributed by atoms with Gasteiger partial charge < -0.3 is 9.64 Å². The van der Waals surface area contributed by atoms with Crippen LogP contribution in [0.4, 0.5) is 18.0 Å². The van der Waals surface area contributed by atoms with E-state index in [0.29, 0.717) is 31.9 Å². The van der Waals surface area contributed by atoms with Gasteiger partial charge in [-0.05, 0) is 48.7 Å². The second-order valence-electron chi connectivity index (χ2n) is 7.01. The molecule has 0 aliphatic carbocycles. The summed E-state index contributed by atoms with van der Waals surface area (Å²) in [5.41, 5.74) is 1.20. The average Bonchev–Trinajstić information content (AvgIpc) is 2.65. The lowest BCUT2D eigenvalue weighted by Gasteiger charge is -2.34. The van der Waals surface area contributed by atoms with E-state index >= 15 is 0 Å². The first kappa shape index (κ1) is 21.4. The van der Waals surface area contributed by atoms with Gasteiger partial charge in [0.25, 0.3) is 0 Å². The van der Waals surface area contributed by atoms with Gasteiger partial charge in [-0.2, -0.15) is 13.2 Å². The van der Waals surface area contributed by atoms with Gasteiger partial charge in [0.05, 0.1) is 11.8 Å². The number of hydrogen-bond donors (Lipinski definition) is 0. The zero-order valence-electron chi connectivity index (χ0n) is 16.1. The molecule has 0 atom stereocenters. The number of halogens is 4. The highest BCUT2D eigenvalue weighted by Gasteiger charge is 2.34. The Labute approximate surface area is 172 Å². The molecule has 0 unspecified atom stereocenters. The number of carbonyl (C=O) groups excluding carboxylic acids is 1. The fourth-order valence-corrected chi connectivity index (χ4v) is 3.36. The predicted molar refractivity (Wildman–Crippen MR) is 103 cm³/mol. The Morgan fingerprint density at radius 1 is 1.17 bits per heavy atom. The standard InChI is InChI=1S/C20H21ClF3N3O2/c1-13-10-25-11-18(14(13)2)29-19(28)27-7-5-26(6-8-27)12-15-9-16(21)3-4-17(15)20(22,23)24/h3-4,9-11H,5-8,12H2,1-2H3. The summed E-state index contributed by atoms with van der Waals surface area (Å²) in [5, 5.41) is 0.261. The van der Waals surface area contributed by atoms with Crippen LogP contribution in [0.15, 0.2) is 30.6 Å². The lowest BCUT2D eigenvalue weighted by Crippen LogP contribution is -2.49. The van der Waals surface area contributed by atoms with Crippen LogP contribution >= 0.6 is 11.6 Å². The van der Waals surface area contributed by atoms with Crippen LogP contribution in [0.1, 0.15) is 22.3 Å². The fourth-order valence-electron chi connectivity index (χ4n) is 3.17. The molecule has 0 spiro atoms. The number of benzene rings is 1. The minimum Gasteiger partial charge on any atom is -0.408 e. The number of ether oxygens (including phenoxy) is 1. The van der Waals surface area contributed by atoms with Crippen molar-refractivity contribution < 1.29 is 22.7 Å². The normalized spacial score (nSPS) is 15.4. The molecular weight excluding hydrogens is 407 g/mol. The number of aryl methyl sites for hydroxylation is 1. The van der Waals surface area contributed by atoms with Gasteiger partial charge in [-0.25, -0.2) is 4.79 Å². The van der Waals surface area contributed by atoms with Crippen molar-refractivity contribution in [2.45, 2.75) is 26.6 Å². The smallest absolute Gasteiger partial charge is 0.408 e. The van der Waals surface area contributed by atoms with Crippen LogP contribution in [0.25, 0.3) is 0 Å². The molecule has 156 valence electrons. The summed E-state index contributed by atoms with van der Waals surface area (Å²) in [6, 6.07) is 3.59. The van der Waals surface area contributed by atoms with Gasteiger partial charge in [0.1, 0.15) is 0 Å². The summed E-state index contributed by atoms with van der Waals surface area (Å²) < 4.78 is 45.1. The Hall–Kier alpha value is -2.32. The summed E-state index contributed by atoms with van der Waals surface area (Å²) in [4.78, 5) is 19.9. The van der Waals surface area contributed by atoms with E-state index in [2.05, 4.69) is 4.98 Å². The van der Waals surface area contributed by atoms with E-state index in [9.17, 15) is 18.0 Å². The first-order valence-corrected chi connectivity index (χ1v) is 9.49. The third kappa shape index (κ3) is 5.19. The Bertz CT molecular complexity index is 897. The molecule has 9 heteroatoms. The molecule has 1 aromatic heterocycles. The van der Waals surface area contributed by atoms with E-state index in [1.807, 2.05) is 18.7 Å². The molecule has 1 aliphatic rings. The molecule has 0 radical (unpaired) electrons. The minimum atomic E-state index is -4.44. The van der Waals surface area contributed by atoms with Crippen LogP contribution in [-0.4, -0.2) is 47.1 Å². The largest absolute Gasteiger partial charge is 0.416 e. The topological polar surface area (TPSA) is 45.7 Å². The van der Waals surface area contributed by atoms with Gasteiger partial charge in [0.15, 0.2) is 5.75 Å². The molecule has 1 fully saturated rings. The number of aromatic nitrogens is 1. The van der Waals surface area contributed by atoms with Gasteiger partial charge in [0, 0.05) is 43.9 Å². The highest BCUT2D eigenvalue weighted by molar-refractivity contribution is 6.30. The van der Waals surface area contributed by atoms with Crippen LogP contribution in [0.5, 0.6) is 5.75 Å².